The van der Waals surface area contributed by atoms with Gasteiger partial charge in [-0.05, 0) is 61.7 Å². The van der Waals surface area contributed by atoms with Crippen molar-refractivity contribution in [2.24, 2.45) is 0 Å². The summed E-state index contributed by atoms with van der Waals surface area (Å²) in [4.78, 5) is 52.2. The zero-order chi connectivity index (χ0) is 26.7. The number of alkyl halides is 3. The molecule has 36 heavy (non-hydrogen) atoms. The van der Waals surface area contributed by atoms with Gasteiger partial charge in [-0.15, -0.1) is 0 Å². The van der Waals surface area contributed by atoms with Crippen LogP contribution in [0.2, 0.25) is 0 Å². The number of fused-ring (bicyclic) bond motifs is 1. The topological polar surface area (TPSA) is 102 Å². The van der Waals surface area contributed by atoms with E-state index in [2.05, 4.69) is 0 Å². The predicted molar refractivity (Wildman–Crippen MR) is 125 cm³/mol. The Morgan fingerprint density at radius 2 is 1.75 bits per heavy atom. The van der Waals surface area contributed by atoms with E-state index in [4.69, 9.17) is 0 Å². The first kappa shape index (κ1) is 25.0. The third kappa shape index (κ3) is 3.80. The second-order valence-corrected chi connectivity index (χ2v) is 9.17. The molecule has 0 saturated carbocycles. The molecule has 0 bridgehead atoms. The molecule has 3 aromatic rings. The SMILES string of the molecule is Cc1c(Cn2c(=O)c(C(=O)O)cn(-c3ccc4c(c3)C(C)(C)C(=O)N4C)c2=O)cccc1C(F)(F)F. The number of carbonyl (C=O) groups excluding carboxylic acids is 1. The molecule has 0 saturated heterocycles. The van der Waals surface area contributed by atoms with Crippen LogP contribution in [0.5, 0.6) is 0 Å². The third-order valence-corrected chi connectivity index (χ3v) is 6.61. The smallest absolute Gasteiger partial charge is 0.416 e. The first-order valence-electron chi connectivity index (χ1n) is 10.8. The highest BCUT2D eigenvalue weighted by Gasteiger charge is 2.42. The standard InChI is InChI=1S/C25H22F3N3O5/c1-13-14(6-5-7-17(13)25(26,27)28)11-31-20(32)16(21(33)34)12-30(23(31)36)15-8-9-19-18(10-15)24(2,3)22(35)29(19)4/h5-10,12H,11H2,1-4H3,(H,33,34). The summed E-state index contributed by atoms with van der Waals surface area (Å²) in [5, 5.41) is 9.60. The summed E-state index contributed by atoms with van der Waals surface area (Å²) < 4.78 is 41.7. The van der Waals surface area contributed by atoms with Crippen molar-refractivity contribution in [3.05, 3.63) is 91.3 Å². The van der Waals surface area contributed by atoms with Crippen LogP contribution < -0.4 is 16.1 Å². The fraction of sp³-hybridized carbons (Fsp3) is 0.280. The summed E-state index contributed by atoms with van der Waals surface area (Å²) in [6, 6.07) is 8.06. The zero-order valence-electron chi connectivity index (χ0n) is 19.8. The summed E-state index contributed by atoms with van der Waals surface area (Å²) in [7, 11) is 1.61. The molecule has 11 heteroatoms. The highest BCUT2D eigenvalue weighted by atomic mass is 19.4. The number of benzene rings is 2. The van der Waals surface area contributed by atoms with E-state index in [9.17, 15) is 37.5 Å². The van der Waals surface area contributed by atoms with Gasteiger partial charge in [-0.25, -0.2) is 9.59 Å². The monoisotopic (exact) mass is 501 g/mol. The largest absolute Gasteiger partial charge is 0.477 e. The molecule has 1 amide bonds. The van der Waals surface area contributed by atoms with E-state index in [0.717, 1.165) is 22.9 Å². The van der Waals surface area contributed by atoms with Crippen LogP contribution in [0.25, 0.3) is 5.69 Å². The van der Waals surface area contributed by atoms with Gasteiger partial charge < -0.3 is 10.0 Å². The number of aromatic carboxylic acids is 1. The van der Waals surface area contributed by atoms with E-state index in [1.54, 1.807) is 33.0 Å². The van der Waals surface area contributed by atoms with Crippen molar-refractivity contribution in [2.45, 2.75) is 38.9 Å². The Labute approximate surface area is 202 Å². The molecule has 1 aliphatic rings. The molecule has 1 N–H and O–H groups in total. The van der Waals surface area contributed by atoms with Crippen LogP contribution in [0.4, 0.5) is 18.9 Å². The number of amides is 1. The number of carboxylic acids is 1. The fourth-order valence-electron chi connectivity index (χ4n) is 4.52. The molecule has 0 unspecified atom stereocenters. The fourth-order valence-corrected chi connectivity index (χ4v) is 4.52. The van der Waals surface area contributed by atoms with Crippen LogP contribution >= 0.6 is 0 Å². The quantitative estimate of drug-likeness (QED) is 0.591. The van der Waals surface area contributed by atoms with Crippen LogP contribution in [0, 0.1) is 6.92 Å². The summed E-state index contributed by atoms with van der Waals surface area (Å²) >= 11 is 0. The molecule has 2 aromatic carbocycles. The maximum Gasteiger partial charge on any atom is 0.416 e. The lowest BCUT2D eigenvalue weighted by molar-refractivity contribution is -0.138. The minimum Gasteiger partial charge on any atom is -0.477 e. The predicted octanol–water partition coefficient (Wildman–Crippen LogP) is 3.33. The van der Waals surface area contributed by atoms with E-state index < -0.39 is 46.5 Å². The molecule has 8 nitrogen and oxygen atoms in total. The van der Waals surface area contributed by atoms with Crippen LogP contribution in [-0.4, -0.2) is 33.2 Å². The Morgan fingerprint density at radius 1 is 1.08 bits per heavy atom. The Kier molecular flexibility index (Phi) is 5.69. The lowest BCUT2D eigenvalue weighted by Crippen LogP contribution is -2.42. The summed E-state index contributed by atoms with van der Waals surface area (Å²) in [6.45, 7) is 4.08. The van der Waals surface area contributed by atoms with Crippen molar-refractivity contribution in [1.29, 1.82) is 0 Å². The van der Waals surface area contributed by atoms with Crippen LogP contribution in [0.1, 0.15) is 46.5 Å². The summed E-state index contributed by atoms with van der Waals surface area (Å²) in [5.41, 5.74) is -3.35. The van der Waals surface area contributed by atoms with Gasteiger partial charge in [-0.2, -0.15) is 13.2 Å². The molecular weight excluding hydrogens is 479 g/mol. The lowest BCUT2D eigenvalue weighted by Gasteiger charge is -2.18. The maximum atomic E-state index is 13.4. The van der Waals surface area contributed by atoms with Crippen molar-refractivity contribution in [3.8, 4) is 5.69 Å². The van der Waals surface area contributed by atoms with Gasteiger partial charge in [0.05, 0.1) is 23.2 Å². The molecule has 2 heterocycles. The number of anilines is 1. The van der Waals surface area contributed by atoms with E-state index in [0.29, 0.717) is 15.8 Å². The molecule has 0 fully saturated rings. The number of halogens is 3. The number of hydrogen-bond acceptors (Lipinski definition) is 4. The van der Waals surface area contributed by atoms with Gasteiger partial charge in [-0.3, -0.25) is 18.7 Å². The van der Waals surface area contributed by atoms with Crippen molar-refractivity contribution in [2.75, 3.05) is 11.9 Å². The molecule has 1 aromatic heterocycles. The average Bonchev–Trinajstić information content (AvgIpc) is 2.96. The number of hydrogen-bond donors (Lipinski definition) is 1. The number of nitrogens with zero attached hydrogens (tertiary/aromatic N) is 3. The lowest BCUT2D eigenvalue weighted by atomic mass is 9.86. The van der Waals surface area contributed by atoms with Crippen LogP contribution in [0.15, 0.2) is 52.2 Å². The van der Waals surface area contributed by atoms with Crippen molar-refractivity contribution >= 4 is 17.6 Å². The van der Waals surface area contributed by atoms with Gasteiger partial charge in [0, 0.05) is 18.9 Å². The van der Waals surface area contributed by atoms with E-state index in [-0.39, 0.29) is 22.7 Å². The Bertz CT molecular complexity index is 1550. The molecule has 188 valence electrons. The van der Waals surface area contributed by atoms with Crippen LogP contribution in [0.3, 0.4) is 0 Å². The number of rotatable bonds is 4. The van der Waals surface area contributed by atoms with E-state index >= 15 is 0 Å². The van der Waals surface area contributed by atoms with Crippen LogP contribution in [-0.2, 0) is 22.9 Å². The molecule has 1 aliphatic heterocycles. The van der Waals surface area contributed by atoms with Gasteiger partial charge in [0.25, 0.3) is 5.56 Å². The average molecular weight is 501 g/mol. The number of aromatic nitrogens is 2. The van der Waals surface area contributed by atoms with Crippen molar-refractivity contribution in [3.63, 3.8) is 0 Å². The minimum absolute atomic E-state index is 0.0421. The highest BCUT2D eigenvalue weighted by molar-refractivity contribution is 6.07. The van der Waals surface area contributed by atoms with Gasteiger partial charge in [0.1, 0.15) is 5.56 Å². The molecule has 0 radical (unpaired) electrons. The number of carboxylic acid groups (broad SMARTS) is 1. The maximum absolute atomic E-state index is 13.4. The van der Waals surface area contributed by atoms with E-state index in [1.165, 1.54) is 24.0 Å². The zero-order valence-corrected chi connectivity index (χ0v) is 19.8. The second kappa shape index (κ2) is 8.21. The summed E-state index contributed by atoms with van der Waals surface area (Å²) in [6.07, 6.45) is -3.76. The van der Waals surface area contributed by atoms with Gasteiger partial charge in [0.15, 0.2) is 0 Å². The molecule has 0 spiro atoms. The Balaban J connectivity index is 1.93. The first-order chi connectivity index (χ1) is 16.7. The van der Waals surface area contributed by atoms with Gasteiger partial charge in [-0.1, -0.05) is 12.1 Å². The van der Waals surface area contributed by atoms with Crippen molar-refractivity contribution in [1.82, 2.24) is 9.13 Å². The minimum atomic E-state index is -4.64. The first-order valence-corrected chi connectivity index (χ1v) is 10.8. The van der Waals surface area contributed by atoms with Gasteiger partial charge >= 0.3 is 17.8 Å². The summed E-state index contributed by atoms with van der Waals surface area (Å²) in [5.74, 6) is -1.77. The number of carbonyl (C=O) groups is 2. The van der Waals surface area contributed by atoms with Crippen molar-refractivity contribution < 1.29 is 27.9 Å². The molecular formula is C25H22F3N3O5. The molecule has 4 rings (SSSR count). The third-order valence-electron chi connectivity index (χ3n) is 6.61. The normalized spacial score (nSPS) is 14.8. The van der Waals surface area contributed by atoms with Gasteiger partial charge in [0.2, 0.25) is 5.91 Å². The number of likely N-dealkylation sites (N-methyl/N-ethyl adjacent to an activating group) is 1. The van der Waals surface area contributed by atoms with E-state index in [1.807, 2.05) is 0 Å². The molecule has 0 atom stereocenters. The highest BCUT2D eigenvalue weighted by Crippen LogP contribution is 2.41. The second-order valence-electron chi connectivity index (χ2n) is 9.17. The Morgan fingerprint density at radius 3 is 2.36 bits per heavy atom. The Hall–Kier alpha value is -4.15. The molecule has 0 aliphatic carbocycles.